The minimum Gasteiger partial charge on any atom is -0.482 e. The van der Waals surface area contributed by atoms with Crippen LogP contribution in [0.1, 0.15) is 18.1 Å². The molecule has 9 heteroatoms. The van der Waals surface area contributed by atoms with E-state index in [1.807, 2.05) is 0 Å². The Kier molecular flexibility index (Phi) is 7.38. The third-order valence-electron chi connectivity index (χ3n) is 3.67. The van der Waals surface area contributed by atoms with E-state index in [0.29, 0.717) is 22.6 Å². The summed E-state index contributed by atoms with van der Waals surface area (Å²) < 4.78 is 37.5. The van der Waals surface area contributed by atoms with Crippen molar-refractivity contribution < 1.29 is 32.6 Å². The molecule has 0 unspecified atom stereocenters. The number of aliphatic carboxylic acids is 1. The number of carbonyl (C=O) groups is 2. The van der Waals surface area contributed by atoms with Crippen molar-refractivity contribution in [3.8, 4) is 5.75 Å². The number of sulfonamides is 1. The fourth-order valence-corrected chi connectivity index (χ4v) is 3.46. The third-order valence-corrected chi connectivity index (χ3v) is 5.05. The maximum atomic E-state index is 12.6. The highest BCUT2D eigenvalue weighted by molar-refractivity contribution is 7.92. The lowest BCUT2D eigenvalue weighted by Gasteiger charge is -2.11. The van der Waals surface area contributed by atoms with Gasteiger partial charge in [-0.15, -0.1) is 0 Å². The van der Waals surface area contributed by atoms with Gasteiger partial charge < -0.3 is 14.6 Å². The van der Waals surface area contributed by atoms with E-state index in [0.717, 1.165) is 0 Å². The lowest BCUT2D eigenvalue weighted by Crippen LogP contribution is -2.14. The van der Waals surface area contributed by atoms with E-state index in [2.05, 4.69) is 4.72 Å². The number of esters is 1. The molecule has 2 N–H and O–H groups in total. The normalized spacial score (nSPS) is 11.2. The second kappa shape index (κ2) is 9.74. The summed E-state index contributed by atoms with van der Waals surface area (Å²) in [7, 11) is -3.84. The number of benzene rings is 2. The molecule has 0 heterocycles. The number of hydrogen-bond acceptors (Lipinski definition) is 6. The Morgan fingerprint density at radius 2 is 1.83 bits per heavy atom. The van der Waals surface area contributed by atoms with E-state index in [1.165, 1.54) is 24.3 Å². The standard InChI is InChI=1S/C20H21NO7S/c1-3-27-20(24)11-6-15-4-7-16(8-5-15)21-29(25,26)17-9-10-18(14(2)12-17)28-13-19(22)23/h4-12,21H,3,13H2,1-2H3,(H,22,23)/b11-6+. The second-order valence-electron chi connectivity index (χ2n) is 5.92. The molecule has 8 nitrogen and oxygen atoms in total. The van der Waals surface area contributed by atoms with E-state index in [4.69, 9.17) is 14.6 Å². The molecule has 2 aromatic carbocycles. The number of hydrogen-bond donors (Lipinski definition) is 2. The first-order valence-electron chi connectivity index (χ1n) is 8.64. The number of ether oxygens (including phenoxy) is 2. The predicted octanol–water partition coefficient (Wildman–Crippen LogP) is 2.84. The van der Waals surface area contributed by atoms with Crippen molar-refractivity contribution in [2.24, 2.45) is 0 Å². The Bertz CT molecular complexity index is 1010. The van der Waals surface area contributed by atoms with Crippen LogP contribution in [0.3, 0.4) is 0 Å². The number of carboxylic acid groups (broad SMARTS) is 1. The summed E-state index contributed by atoms with van der Waals surface area (Å²) >= 11 is 0. The van der Waals surface area contributed by atoms with Crippen molar-refractivity contribution in [1.82, 2.24) is 0 Å². The van der Waals surface area contributed by atoms with Crippen LogP contribution in [-0.4, -0.2) is 38.7 Å². The van der Waals surface area contributed by atoms with Crippen molar-refractivity contribution >= 4 is 33.7 Å². The summed E-state index contributed by atoms with van der Waals surface area (Å²) in [6, 6.07) is 10.6. The van der Waals surface area contributed by atoms with Gasteiger partial charge in [-0.3, -0.25) is 4.72 Å². The molecular formula is C20H21NO7S. The highest BCUT2D eigenvalue weighted by Gasteiger charge is 2.16. The molecule has 0 aliphatic heterocycles. The van der Waals surface area contributed by atoms with Crippen LogP contribution >= 0.6 is 0 Å². The predicted molar refractivity (Wildman–Crippen MR) is 107 cm³/mol. The average molecular weight is 419 g/mol. The molecule has 2 rings (SSSR count). The van der Waals surface area contributed by atoms with Gasteiger partial charge >= 0.3 is 11.9 Å². The van der Waals surface area contributed by atoms with E-state index in [-0.39, 0.29) is 11.5 Å². The smallest absolute Gasteiger partial charge is 0.341 e. The van der Waals surface area contributed by atoms with E-state index in [9.17, 15) is 18.0 Å². The van der Waals surface area contributed by atoms with Gasteiger partial charge in [0.25, 0.3) is 10.0 Å². The fraction of sp³-hybridized carbons (Fsp3) is 0.200. The molecule has 2 aromatic rings. The van der Waals surface area contributed by atoms with Crippen molar-refractivity contribution in [3.63, 3.8) is 0 Å². The molecule has 0 spiro atoms. The number of rotatable bonds is 9. The van der Waals surface area contributed by atoms with Gasteiger partial charge in [0.05, 0.1) is 11.5 Å². The van der Waals surface area contributed by atoms with Crippen LogP contribution in [0.25, 0.3) is 6.08 Å². The maximum absolute atomic E-state index is 12.6. The average Bonchev–Trinajstić information content (AvgIpc) is 2.66. The summed E-state index contributed by atoms with van der Waals surface area (Å²) in [6.07, 6.45) is 2.86. The van der Waals surface area contributed by atoms with Gasteiger partial charge in [-0.25, -0.2) is 18.0 Å². The summed E-state index contributed by atoms with van der Waals surface area (Å²) in [5.74, 6) is -1.28. The first-order valence-corrected chi connectivity index (χ1v) is 10.1. The van der Waals surface area contributed by atoms with Crippen LogP contribution < -0.4 is 9.46 Å². The molecule has 29 heavy (non-hydrogen) atoms. The van der Waals surface area contributed by atoms with Gasteiger partial charge in [-0.05, 0) is 61.4 Å². The lowest BCUT2D eigenvalue weighted by atomic mass is 10.2. The Hall–Kier alpha value is -3.33. The molecule has 0 saturated carbocycles. The van der Waals surface area contributed by atoms with Gasteiger partial charge in [-0.2, -0.15) is 0 Å². The molecule has 0 aliphatic rings. The van der Waals surface area contributed by atoms with E-state index >= 15 is 0 Å². The number of carbonyl (C=O) groups excluding carboxylic acids is 1. The summed E-state index contributed by atoms with van der Waals surface area (Å²) in [5, 5.41) is 8.66. The fourth-order valence-electron chi connectivity index (χ4n) is 2.32. The quantitative estimate of drug-likeness (QED) is 0.474. The number of carboxylic acids is 1. The van der Waals surface area contributed by atoms with Crippen LogP contribution in [0.2, 0.25) is 0 Å². The van der Waals surface area contributed by atoms with Gasteiger partial charge in [0.2, 0.25) is 0 Å². The molecule has 154 valence electrons. The molecule has 0 bridgehead atoms. The van der Waals surface area contributed by atoms with Crippen molar-refractivity contribution in [3.05, 3.63) is 59.7 Å². The Labute approximate surface area is 168 Å². The SMILES string of the molecule is CCOC(=O)/C=C/c1ccc(NS(=O)(=O)c2ccc(OCC(=O)O)c(C)c2)cc1. The zero-order valence-corrected chi connectivity index (χ0v) is 16.7. The Morgan fingerprint density at radius 3 is 2.41 bits per heavy atom. The molecule has 0 fully saturated rings. The molecular weight excluding hydrogens is 398 g/mol. The summed E-state index contributed by atoms with van der Waals surface area (Å²) in [4.78, 5) is 21.9. The maximum Gasteiger partial charge on any atom is 0.341 e. The Balaban J connectivity index is 2.09. The van der Waals surface area contributed by atoms with Crippen molar-refractivity contribution in [1.29, 1.82) is 0 Å². The van der Waals surface area contributed by atoms with Crippen molar-refractivity contribution in [2.75, 3.05) is 17.9 Å². The van der Waals surface area contributed by atoms with E-state index < -0.39 is 28.6 Å². The van der Waals surface area contributed by atoms with Crippen LogP contribution in [0.5, 0.6) is 5.75 Å². The molecule has 0 amide bonds. The largest absolute Gasteiger partial charge is 0.482 e. The minimum atomic E-state index is -3.84. The highest BCUT2D eigenvalue weighted by atomic mass is 32.2. The zero-order valence-electron chi connectivity index (χ0n) is 15.9. The van der Waals surface area contributed by atoms with Crippen LogP contribution in [-0.2, 0) is 24.3 Å². The topological polar surface area (TPSA) is 119 Å². The number of anilines is 1. The molecule has 0 aliphatic carbocycles. The lowest BCUT2D eigenvalue weighted by molar-refractivity contribution is -0.139. The third kappa shape index (κ3) is 6.65. The highest BCUT2D eigenvalue weighted by Crippen LogP contribution is 2.24. The summed E-state index contributed by atoms with van der Waals surface area (Å²) in [5.41, 5.74) is 1.55. The Morgan fingerprint density at radius 1 is 1.14 bits per heavy atom. The second-order valence-corrected chi connectivity index (χ2v) is 7.61. The molecule has 0 atom stereocenters. The minimum absolute atomic E-state index is 0.0176. The van der Waals surface area contributed by atoms with Crippen LogP contribution in [0.4, 0.5) is 5.69 Å². The molecule has 0 saturated heterocycles. The van der Waals surface area contributed by atoms with Crippen LogP contribution in [0.15, 0.2) is 53.4 Å². The zero-order chi connectivity index (χ0) is 21.4. The van der Waals surface area contributed by atoms with Crippen LogP contribution in [0, 0.1) is 6.92 Å². The number of nitrogens with one attached hydrogen (secondary N) is 1. The van der Waals surface area contributed by atoms with Gasteiger partial charge in [0, 0.05) is 11.8 Å². The molecule has 0 radical (unpaired) electrons. The first kappa shape index (κ1) is 22.0. The van der Waals surface area contributed by atoms with Gasteiger partial charge in [-0.1, -0.05) is 12.1 Å². The van der Waals surface area contributed by atoms with Crippen molar-refractivity contribution in [2.45, 2.75) is 18.7 Å². The molecule has 0 aromatic heterocycles. The van der Waals surface area contributed by atoms with Gasteiger partial charge in [0.15, 0.2) is 6.61 Å². The monoisotopic (exact) mass is 419 g/mol. The van der Waals surface area contributed by atoms with Gasteiger partial charge in [0.1, 0.15) is 5.75 Å². The number of aryl methyl sites for hydroxylation is 1. The first-order chi connectivity index (χ1) is 13.7. The van der Waals surface area contributed by atoms with E-state index in [1.54, 1.807) is 44.2 Å². The summed E-state index contributed by atoms with van der Waals surface area (Å²) in [6.45, 7) is 3.11.